The third kappa shape index (κ3) is 4.32. The Balaban J connectivity index is 2.11. The fourth-order valence-corrected chi connectivity index (χ4v) is 2.62. The van der Waals surface area contributed by atoms with Gasteiger partial charge in [-0.05, 0) is 19.4 Å². The first-order chi connectivity index (χ1) is 11.3. The highest BCUT2D eigenvalue weighted by molar-refractivity contribution is 8.00. The van der Waals surface area contributed by atoms with Crippen LogP contribution in [0.15, 0.2) is 29.4 Å². The lowest BCUT2D eigenvalue weighted by molar-refractivity contribution is -0.384. The van der Waals surface area contributed by atoms with Gasteiger partial charge < -0.3 is 16.8 Å². The predicted molar refractivity (Wildman–Crippen MR) is 92.6 cm³/mol. The van der Waals surface area contributed by atoms with E-state index in [-0.39, 0.29) is 28.4 Å². The Morgan fingerprint density at radius 2 is 1.92 bits per heavy atom. The summed E-state index contributed by atoms with van der Waals surface area (Å²) in [6, 6.07) is 5.70. The van der Waals surface area contributed by atoms with E-state index in [9.17, 15) is 14.9 Å². The largest absolute Gasteiger partial charge is 0.383 e. The van der Waals surface area contributed by atoms with Gasteiger partial charge in [0, 0.05) is 18.2 Å². The summed E-state index contributed by atoms with van der Waals surface area (Å²) in [4.78, 5) is 30.6. The molecule has 10 heteroatoms. The minimum absolute atomic E-state index is 0.0943. The summed E-state index contributed by atoms with van der Waals surface area (Å²) >= 11 is 1.09. The molecule has 1 aromatic carbocycles. The van der Waals surface area contributed by atoms with Crippen LogP contribution in [0.4, 0.5) is 23.0 Å². The number of thioether (sulfide) groups is 1. The van der Waals surface area contributed by atoms with E-state index in [0.29, 0.717) is 5.69 Å². The summed E-state index contributed by atoms with van der Waals surface area (Å²) in [5.41, 5.74) is 12.2. The van der Waals surface area contributed by atoms with E-state index in [1.807, 2.05) is 0 Å². The number of anilines is 3. The van der Waals surface area contributed by atoms with Crippen molar-refractivity contribution in [2.45, 2.75) is 24.3 Å². The maximum atomic E-state index is 12.3. The van der Waals surface area contributed by atoms with Gasteiger partial charge in [-0.3, -0.25) is 14.9 Å². The van der Waals surface area contributed by atoms with Crippen LogP contribution in [0, 0.1) is 17.0 Å². The maximum Gasteiger partial charge on any atom is 0.271 e. The number of rotatable bonds is 5. The second-order valence-corrected chi connectivity index (χ2v) is 6.31. The van der Waals surface area contributed by atoms with Crippen molar-refractivity contribution in [3.63, 3.8) is 0 Å². The minimum atomic E-state index is -0.551. The number of benzene rings is 1. The lowest BCUT2D eigenvalue weighted by Gasteiger charge is -2.13. The van der Waals surface area contributed by atoms with Crippen molar-refractivity contribution >= 4 is 40.7 Å². The van der Waals surface area contributed by atoms with E-state index in [1.165, 1.54) is 18.2 Å². The van der Waals surface area contributed by atoms with Crippen LogP contribution in [0.25, 0.3) is 0 Å². The van der Waals surface area contributed by atoms with Crippen molar-refractivity contribution in [1.29, 1.82) is 0 Å². The zero-order valence-corrected chi connectivity index (χ0v) is 13.8. The van der Waals surface area contributed by atoms with Gasteiger partial charge in [0.05, 0.1) is 15.9 Å². The fraction of sp³-hybridized carbons (Fsp3) is 0.214. The van der Waals surface area contributed by atoms with Gasteiger partial charge in [-0.25, -0.2) is 9.97 Å². The van der Waals surface area contributed by atoms with Crippen molar-refractivity contribution in [2.24, 2.45) is 0 Å². The van der Waals surface area contributed by atoms with Crippen LogP contribution in [-0.4, -0.2) is 26.0 Å². The summed E-state index contributed by atoms with van der Waals surface area (Å²) in [5.74, 6) is 0.0902. The summed E-state index contributed by atoms with van der Waals surface area (Å²) in [5, 5.41) is 13.2. The van der Waals surface area contributed by atoms with Crippen LogP contribution >= 0.6 is 11.8 Å². The standard InChI is InChI=1S/C14H16N6O3S/c1-7-3-4-9(20(22)23)5-10(7)17-13(21)8(2)24-14-18-11(15)6-12(16)19-14/h3-6,8H,1-2H3,(H,17,21)(H4,15,16,18,19)/t8-/m1/s1. The molecule has 0 aliphatic heterocycles. The van der Waals surface area contributed by atoms with Crippen molar-refractivity contribution in [2.75, 3.05) is 16.8 Å². The molecule has 0 saturated heterocycles. The number of nitrogens with zero attached hydrogens (tertiary/aromatic N) is 3. The zero-order valence-electron chi connectivity index (χ0n) is 13.0. The highest BCUT2D eigenvalue weighted by atomic mass is 32.2. The van der Waals surface area contributed by atoms with E-state index >= 15 is 0 Å². The normalized spacial score (nSPS) is 11.8. The van der Waals surface area contributed by atoms with E-state index in [4.69, 9.17) is 11.5 Å². The molecule has 1 amide bonds. The topological polar surface area (TPSA) is 150 Å². The van der Waals surface area contributed by atoms with E-state index < -0.39 is 10.2 Å². The van der Waals surface area contributed by atoms with Crippen LogP contribution in [0.5, 0.6) is 0 Å². The second kappa shape index (κ2) is 7.13. The average Bonchev–Trinajstić information content (AvgIpc) is 2.48. The molecule has 0 aliphatic carbocycles. The summed E-state index contributed by atoms with van der Waals surface area (Å²) in [7, 11) is 0. The van der Waals surface area contributed by atoms with Crippen molar-refractivity contribution < 1.29 is 9.72 Å². The Morgan fingerprint density at radius 1 is 1.29 bits per heavy atom. The molecule has 5 N–H and O–H groups in total. The highest BCUT2D eigenvalue weighted by Crippen LogP contribution is 2.25. The number of nitro groups is 1. The first-order valence-electron chi connectivity index (χ1n) is 6.89. The molecule has 2 aromatic rings. The molecule has 0 unspecified atom stereocenters. The number of carbonyl (C=O) groups is 1. The molecule has 0 bridgehead atoms. The third-order valence-electron chi connectivity index (χ3n) is 3.09. The zero-order chi connectivity index (χ0) is 17.9. The average molecular weight is 348 g/mol. The molecular formula is C14H16N6O3S. The van der Waals surface area contributed by atoms with E-state index in [1.54, 1.807) is 19.9 Å². The van der Waals surface area contributed by atoms with Crippen LogP contribution in [0.3, 0.4) is 0 Å². The molecule has 1 heterocycles. The number of hydrogen-bond acceptors (Lipinski definition) is 8. The van der Waals surface area contributed by atoms with Gasteiger partial charge in [0.2, 0.25) is 5.91 Å². The molecule has 0 radical (unpaired) electrons. The highest BCUT2D eigenvalue weighted by Gasteiger charge is 2.18. The molecule has 2 rings (SSSR count). The number of carbonyl (C=O) groups excluding carboxylic acids is 1. The molecule has 0 aliphatic rings. The van der Waals surface area contributed by atoms with Crippen molar-refractivity contribution in [3.8, 4) is 0 Å². The van der Waals surface area contributed by atoms with Crippen LogP contribution < -0.4 is 16.8 Å². The summed E-state index contributed by atoms with van der Waals surface area (Å²) in [6.45, 7) is 3.41. The van der Waals surface area contributed by atoms with E-state index in [0.717, 1.165) is 17.3 Å². The molecule has 1 aromatic heterocycles. The van der Waals surface area contributed by atoms with Crippen molar-refractivity contribution in [3.05, 3.63) is 39.9 Å². The molecule has 0 saturated carbocycles. The van der Waals surface area contributed by atoms with Gasteiger partial charge in [-0.2, -0.15) is 0 Å². The first kappa shape index (κ1) is 17.5. The molecule has 126 valence electrons. The second-order valence-electron chi connectivity index (χ2n) is 5.01. The first-order valence-corrected chi connectivity index (χ1v) is 7.77. The monoisotopic (exact) mass is 348 g/mol. The number of nitrogens with two attached hydrogens (primary N) is 2. The van der Waals surface area contributed by atoms with Gasteiger partial charge in [0.15, 0.2) is 5.16 Å². The SMILES string of the molecule is Cc1ccc([N+](=O)[O-])cc1NC(=O)[C@@H](C)Sc1nc(N)cc(N)n1. The molecule has 0 fully saturated rings. The van der Waals surface area contributed by atoms with Crippen LogP contribution in [0.1, 0.15) is 12.5 Å². The Hall–Kier alpha value is -2.88. The van der Waals surface area contributed by atoms with E-state index in [2.05, 4.69) is 15.3 Å². The number of non-ortho nitro benzene ring substituents is 1. The Bertz CT molecular complexity index is 778. The third-order valence-corrected chi connectivity index (χ3v) is 4.05. The molecule has 1 atom stereocenters. The number of nitrogens with one attached hydrogen (secondary N) is 1. The Labute approximate surface area is 142 Å². The smallest absolute Gasteiger partial charge is 0.271 e. The fourth-order valence-electron chi connectivity index (χ4n) is 1.82. The molecule has 9 nitrogen and oxygen atoms in total. The lowest BCUT2D eigenvalue weighted by Crippen LogP contribution is -2.23. The predicted octanol–water partition coefficient (Wildman–Crippen LogP) is 1.98. The summed E-state index contributed by atoms with van der Waals surface area (Å²) in [6.07, 6.45) is 0. The Kier molecular flexibility index (Phi) is 5.19. The number of nitro benzene ring substituents is 1. The van der Waals surface area contributed by atoms with Gasteiger partial charge >= 0.3 is 0 Å². The van der Waals surface area contributed by atoms with Crippen LogP contribution in [-0.2, 0) is 4.79 Å². The van der Waals surface area contributed by atoms with Crippen LogP contribution in [0.2, 0.25) is 0 Å². The van der Waals surface area contributed by atoms with Crippen molar-refractivity contribution in [1.82, 2.24) is 9.97 Å². The number of amides is 1. The Morgan fingerprint density at radius 3 is 2.50 bits per heavy atom. The van der Waals surface area contributed by atoms with Gasteiger partial charge in [0.25, 0.3) is 5.69 Å². The summed E-state index contributed by atoms with van der Waals surface area (Å²) < 4.78 is 0. The number of hydrogen-bond donors (Lipinski definition) is 3. The lowest BCUT2D eigenvalue weighted by atomic mass is 10.2. The van der Waals surface area contributed by atoms with Gasteiger partial charge in [0.1, 0.15) is 11.6 Å². The van der Waals surface area contributed by atoms with Gasteiger partial charge in [-0.15, -0.1) is 0 Å². The number of nitrogen functional groups attached to an aromatic ring is 2. The molecule has 24 heavy (non-hydrogen) atoms. The number of aromatic nitrogens is 2. The molecular weight excluding hydrogens is 332 g/mol. The van der Waals surface area contributed by atoms with Gasteiger partial charge in [-0.1, -0.05) is 17.8 Å². The maximum absolute atomic E-state index is 12.3. The quantitative estimate of drug-likeness (QED) is 0.321. The minimum Gasteiger partial charge on any atom is -0.383 e. The molecule has 0 spiro atoms. The number of aryl methyl sites for hydroxylation is 1.